The van der Waals surface area contributed by atoms with E-state index in [0.29, 0.717) is 22.5 Å². The van der Waals surface area contributed by atoms with Crippen molar-refractivity contribution in [3.8, 4) is 5.88 Å². The van der Waals surface area contributed by atoms with Gasteiger partial charge in [-0.1, -0.05) is 23.7 Å². The van der Waals surface area contributed by atoms with Crippen molar-refractivity contribution in [1.82, 2.24) is 9.97 Å². The minimum absolute atomic E-state index is 0.138. The van der Waals surface area contributed by atoms with Gasteiger partial charge in [-0.05, 0) is 38.3 Å². The standard InChI is InChI=1S/C18H21ClN4O2/c1-13-11-17(22-18(20-13)23-9-5-2-6-10-23)25-12-16(24)21-15-8-4-3-7-14(15)19/h3-4,7-8,11H,2,5-6,9-10,12H2,1H3,(H,21,24). The molecule has 1 N–H and O–H groups in total. The van der Waals surface area contributed by atoms with Crippen molar-refractivity contribution in [3.63, 3.8) is 0 Å². The summed E-state index contributed by atoms with van der Waals surface area (Å²) in [5, 5.41) is 3.21. The molecule has 132 valence electrons. The summed E-state index contributed by atoms with van der Waals surface area (Å²) in [7, 11) is 0. The highest BCUT2D eigenvalue weighted by Crippen LogP contribution is 2.21. The van der Waals surface area contributed by atoms with Crippen LogP contribution >= 0.6 is 11.6 Å². The number of carbonyl (C=O) groups excluding carboxylic acids is 1. The summed E-state index contributed by atoms with van der Waals surface area (Å²) >= 11 is 6.03. The van der Waals surface area contributed by atoms with Gasteiger partial charge in [0.05, 0.1) is 10.7 Å². The van der Waals surface area contributed by atoms with E-state index in [9.17, 15) is 4.79 Å². The molecule has 1 aromatic carbocycles. The molecule has 0 bridgehead atoms. The Labute approximate surface area is 152 Å². The van der Waals surface area contributed by atoms with Gasteiger partial charge in [0, 0.05) is 24.8 Å². The van der Waals surface area contributed by atoms with E-state index in [1.165, 1.54) is 6.42 Å². The van der Waals surface area contributed by atoms with Crippen molar-refractivity contribution in [2.45, 2.75) is 26.2 Å². The van der Waals surface area contributed by atoms with Gasteiger partial charge in [-0.15, -0.1) is 0 Å². The molecule has 2 heterocycles. The quantitative estimate of drug-likeness (QED) is 0.884. The van der Waals surface area contributed by atoms with E-state index in [2.05, 4.69) is 20.2 Å². The van der Waals surface area contributed by atoms with Gasteiger partial charge in [-0.2, -0.15) is 4.98 Å². The summed E-state index contributed by atoms with van der Waals surface area (Å²) in [5.74, 6) is 0.785. The second-order valence-electron chi connectivity index (χ2n) is 6.01. The smallest absolute Gasteiger partial charge is 0.262 e. The highest BCUT2D eigenvalue weighted by atomic mass is 35.5. The van der Waals surface area contributed by atoms with Gasteiger partial charge in [0.25, 0.3) is 5.91 Å². The predicted molar refractivity (Wildman–Crippen MR) is 98.4 cm³/mol. The molecule has 1 amide bonds. The number of aryl methyl sites for hydroxylation is 1. The Morgan fingerprint density at radius 3 is 2.76 bits per heavy atom. The molecule has 0 saturated carbocycles. The molecule has 0 radical (unpaired) electrons. The molecule has 0 unspecified atom stereocenters. The maximum absolute atomic E-state index is 12.1. The fraction of sp³-hybridized carbons (Fsp3) is 0.389. The molecule has 2 aromatic rings. The summed E-state index contributed by atoms with van der Waals surface area (Å²) < 4.78 is 5.56. The van der Waals surface area contributed by atoms with E-state index >= 15 is 0 Å². The second-order valence-corrected chi connectivity index (χ2v) is 6.42. The normalized spacial score (nSPS) is 14.2. The number of rotatable bonds is 5. The van der Waals surface area contributed by atoms with Crippen molar-refractivity contribution in [2.24, 2.45) is 0 Å². The first-order valence-corrected chi connectivity index (χ1v) is 8.77. The average molecular weight is 361 g/mol. The summed E-state index contributed by atoms with van der Waals surface area (Å²) in [4.78, 5) is 23.1. The van der Waals surface area contributed by atoms with Crippen LogP contribution in [0.5, 0.6) is 5.88 Å². The van der Waals surface area contributed by atoms with Crippen LogP contribution in [0.25, 0.3) is 0 Å². The van der Waals surface area contributed by atoms with E-state index in [0.717, 1.165) is 31.6 Å². The second kappa shape index (κ2) is 8.16. The van der Waals surface area contributed by atoms with Crippen LogP contribution in [-0.2, 0) is 4.79 Å². The number of halogens is 1. The maximum Gasteiger partial charge on any atom is 0.262 e. The lowest BCUT2D eigenvalue weighted by Crippen LogP contribution is -2.31. The number of benzene rings is 1. The molecule has 7 heteroatoms. The Kier molecular flexibility index (Phi) is 5.71. The number of hydrogen-bond donors (Lipinski definition) is 1. The van der Waals surface area contributed by atoms with E-state index in [4.69, 9.17) is 16.3 Å². The Morgan fingerprint density at radius 2 is 2.00 bits per heavy atom. The zero-order chi connectivity index (χ0) is 17.6. The predicted octanol–water partition coefficient (Wildman–Crippen LogP) is 3.45. The molecule has 0 atom stereocenters. The Morgan fingerprint density at radius 1 is 1.24 bits per heavy atom. The molecular weight excluding hydrogens is 340 g/mol. The average Bonchev–Trinajstić information content (AvgIpc) is 2.62. The van der Waals surface area contributed by atoms with Gasteiger partial charge in [0.15, 0.2) is 6.61 Å². The van der Waals surface area contributed by atoms with Crippen molar-refractivity contribution < 1.29 is 9.53 Å². The van der Waals surface area contributed by atoms with Crippen LogP contribution in [-0.4, -0.2) is 35.6 Å². The van der Waals surface area contributed by atoms with Gasteiger partial charge in [-0.3, -0.25) is 4.79 Å². The molecule has 25 heavy (non-hydrogen) atoms. The van der Waals surface area contributed by atoms with Crippen LogP contribution < -0.4 is 15.0 Å². The number of hydrogen-bond acceptors (Lipinski definition) is 5. The molecule has 1 aliphatic heterocycles. The lowest BCUT2D eigenvalue weighted by molar-refractivity contribution is -0.118. The number of ether oxygens (including phenoxy) is 1. The summed E-state index contributed by atoms with van der Waals surface area (Å²) in [6.07, 6.45) is 3.54. The number of anilines is 2. The van der Waals surface area contributed by atoms with E-state index in [1.807, 2.05) is 6.92 Å². The van der Waals surface area contributed by atoms with Crippen LogP contribution in [0.4, 0.5) is 11.6 Å². The Bertz CT molecular complexity index is 748. The fourth-order valence-electron chi connectivity index (χ4n) is 2.72. The van der Waals surface area contributed by atoms with Crippen LogP contribution in [0, 0.1) is 6.92 Å². The first kappa shape index (κ1) is 17.5. The minimum atomic E-state index is -0.288. The number of nitrogens with one attached hydrogen (secondary N) is 1. The van der Waals surface area contributed by atoms with E-state index < -0.39 is 0 Å². The van der Waals surface area contributed by atoms with E-state index in [-0.39, 0.29) is 12.5 Å². The van der Waals surface area contributed by atoms with Crippen molar-refractivity contribution >= 4 is 29.1 Å². The third-order valence-corrected chi connectivity index (χ3v) is 4.29. The monoisotopic (exact) mass is 360 g/mol. The molecule has 3 rings (SSSR count). The highest BCUT2D eigenvalue weighted by Gasteiger charge is 2.15. The maximum atomic E-state index is 12.1. The van der Waals surface area contributed by atoms with Gasteiger partial charge in [0.1, 0.15) is 0 Å². The number of piperidine rings is 1. The fourth-order valence-corrected chi connectivity index (χ4v) is 2.91. The van der Waals surface area contributed by atoms with E-state index in [1.54, 1.807) is 30.3 Å². The molecular formula is C18H21ClN4O2. The summed E-state index contributed by atoms with van der Waals surface area (Å²) in [5.41, 5.74) is 1.38. The van der Waals surface area contributed by atoms with Gasteiger partial charge >= 0.3 is 0 Å². The molecule has 1 aromatic heterocycles. The molecule has 6 nitrogen and oxygen atoms in total. The molecule has 0 aliphatic carbocycles. The summed E-state index contributed by atoms with van der Waals surface area (Å²) in [6, 6.07) is 8.80. The van der Waals surface area contributed by atoms with Gasteiger partial charge in [-0.25, -0.2) is 4.98 Å². The van der Waals surface area contributed by atoms with Crippen molar-refractivity contribution in [3.05, 3.63) is 41.0 Å². The number of nitrogens with zero attached hydrogens (tertiary/aromatic N) is 3. The van der Waals surface area contributed by atoms with Crippen molar-refractivity contribution in [1.29, 1.82) is 0 Å². The molecule has 1 aliphatic rings. The lowest BCUT2D eigenvalue weighted by atomic mass is 10.1. The van der Waals surface area contributed by atoms with Crippen LogP contribution in [0.3, 0.4) is 0 Å². The molecule has 0 spiro atoms. The zero-order valence-corrected chi connectivity index (χ0v) is 14.9. The topological polar surface area (TPSA) is 67.3 Å². The van der Waals surface area contributed by atoms with Gasteiger partial charge < -0.3 is 15.0 Å². The third-order valence-electron chi connectivity index (χ3n) is 3.96. The Hall–Kier alpha value is -2.34. The lowest BCUT2D eigenvalue weighted by Gasteiger charge is -2.26. The third kappa shape index (κ3) is 4.82. The largest absolute Gasteiger partial charge is 0.467 e. The first-order chi connectivity index (χ1) is 12.1. The zero-order valence-electron chi connectivity index (χ0n) is 14.2. The number of para-hydroxylation sites is 1. The van der Waals surface area contributed by atoms with Crippen LogP contribution in [0.2, 0.25) is 5.02 Å². The van der Waals surface area contributed by atoms with Gasteiger partial charge in [0.2, 0.25) is 11.8 Å². The summed E-state index contributed by atoms with van der Waals surface area (Å²) in [6.45, 7) is 3.67. The number of aromatic nitrogens is 2. The molecule has 1 fully saturated rings. The SMILES string of the molecule is Cc1cc(OCC(=O)Nc2ccccc2Cl)nc(N2CCCCC2)n1. The highest BCUT2D eigenvalue weighted by molar-refractivity contribution is 6.33. The number of amides is 1. The number of carbonyl (C=O) groups is 1. The molecule has 1 saturated heterocycles. The minimum Gasteiger partial charge on any atom is -0.467 e. The van der Waals surface area contributed by atoms with Crippen LogP contribution in [0.15, 0.2) is 30.3 Å². The Balaban J connectivity index is 1.61. The first-order valence-electron chi connectivity index (χ1n) is 8.39. The van der Waals surface area contributed by atoms with Crippen molar-refractivity contribution in [2.75, 3.05) is 29.9 Å². The van der Waals surface area contributed by atoms with Crippen LogP contribution in [0.1, 0.15) is 25.0 Å².